The van der Waals surface area contributed by atoms with E-state index in [4.69, 9.17) is 5.11 Å². The molecule has 1 atom stereocenters. The molecule has 10 nitrogen and oxygen atoms in total. The predicted octanol–water partition coefficient (Wildman–Crippen LogP) is 1.74. The average molecular weight is 371 g/mol. The first-order valence-corrected chi connectivity index (χ1v) is 7.72. The van der Waals surface area contributed by atoms with E-state index in [1.54, 1.807) is 0 Å². The van der Waals surface area contributed by atoms with E-state index in [1.165, 1.54) is 30.3 Å². The lowest BCUT2D eigenvalue weighted by atomic mass is 10.1. The molecule has 0 bridgehead atoms. The van der Waals surface area contributed by atoms with E-state index in [1.807, 2.05) is 0 Å². The number of imide groups is 1. The second-order valence-electron chi connectivity index (χ2n) is 5.78. The molecule has 0 spiro atoms. The van der Waals surface area contributed by atoms with Crippen LogP contribution >= 0.6 is 0 Å². The van der Waals surface area contributed by atoms with E-state index < -0.39 is 34.5 Å². The zero-order valence-corrected chi connectivity index (χ0v) is 13.7. The summed E-state index contributed by atoms with van der Waals surface area (Å²) in [7, 11) is 0. The van der Waals surface area contributed by atoms with Crippen molar-refractivity contribution in [3.8, 4) is 5.75 Å². The van der Waals surface area contributed by atoms with Gasteiger partial charge in [0.1, 0.15) is 17.4 Å². The van der Waals surface area contributed by atoms with Gasteiger partial charge in [0.05, 0.1) is 17.0 Å². The van der Waals surface area contributed by atoms with Gasteiger partial charge in [0.15, 0.2) is 0 Å². The molecule has 0 radical (unpaired) electrons. The van der Waals surface area contributed by atoms with Crippen molar-refractivity contribution in [1.29, 1.82) is 0 Å². The van der Waals surface area contributed by atoms with Crippen LogP contribution in [0.25, 0.3) is 0 Å². The monoisotopic (exact) mass is 371 g/mol. The van der Waals surface area contributed by atoms with Crippen LogP contribution in [0, 0.1) is 10.1 Å². The van der Waals surface area contributed by atoms with Crippen molar-refractivity contribution >= 4 is 34.8 Å². The summed E-state index contributed by atoms with van der Waals surface area (Å²) in [6.45, 7) is 0. The number of carboxylic acids is 1. The van der Waals surface area contributed by atoms with E-state index in [0.29, 0.717) is 5.69 Å². The molecule has 2 amide bonds. The summed E-state index contributed by atoms with van der Waals surface area (Å²) < 4.78 is 0. The Bertz CT molecular complexity index is 955. The van der Waals surface area contributed by atoms with Gasteiger partial charge < -0.3 is 15.5 Å². The van der Waals surface area contributed by atoms with Gasteiger partial charge in [0, 0.05) is 23.9 Å². The SMILES string of the molecule is O=C(O)c1ccc(N2C(=O)CC(Nc3ccc([N+](=O)[O-])cc3)C2=O)cc1O. The number of benzene rings is 2. The Labute approximate surface area is 151 Å². The van der Waals surface area contributed by atoms with Gasteiger partial charge >= 0.3 is 5.97 Å². The molecule has 1 aliphatic heterocycles. The molecule has 2 aromatic rings. The number of aromatic hydroxyl groups is 1. The van der Waals surface area contributed by atoms with Gasteiger partial charge in [-0.25, -0.2) is 9.69 Å². The zero-order chi connectivity index (χ0) is 19.7. The minimum atomic E-state index is -1.34. The zero-order valence-electron chi connectivity index (χ0n) is 13.7. The Morgan fingerprint density at radius 3 is 2.41 bits per heavy atom. The number of non-ortho nitro benzene ring substituents is 1. The Morgan fingerprint density at radius 2 is 1.85 bits per heavy atom. The molecule has 1 aliphatic rings. The van der Waals surface area contributed by atoms with Gasteiger partial charge in [0.25, 0.3) is 11.6 Å². The molecule has 138 valence electrons. The highest BCUT2D eigenvalue weighted by atomic mass is 16.6. The van der Waals surface area contributed by atoms with Gasteiger partial charge in [0.2, 0.25) is 5.91 Å². The smallest absolute Gasteiger partial charge is 0.339 e. The van der Waals surface area contributed by atoms with Gasteiger partial charge in [-0.15, -0.1) is 0 Å². The number of carbonyl (C=O) groups is 3. The molecule has 10 heteroatoms. The number of carboxylic acid groups (broad SMARTS) is 1. The number of anilines is 2. The van der Waals surface area contributed by atoms with Crippen molar-refractivity contribution in [1.82, 2.24) is 0 Å². The second kappa shape index (κ2) is 6.75. The maximum atomic E-state index is 12.6. The first-order valence-electron chi connectivity index (χ1n) is 7.72. The molecule has 0 aromatic heterocycles. The lowest BCUT2D eigenvalue weighted by Crippen LogP contribution is -2.34. The van der Waals surface area contributed by atoms with Crippen LogP contribution in [0.15, 0.2) is 42.5 Å². The Hall–Kier alpha value is -3.95. The highest BCUT2D eigenvalue weighted by Crippen LogP contribution is 2.30. The number of nitro groups is 1. The summed E-state index contributed by atoms with van der Waals surface area (Å²) in [5.41, 5.74) is 0.0292. The molecule has 27 heavy (non-hydrogen) atoms. The van der Waals surface area contributed by atoms with Gasteiger partial charge in [-0.05, 0) is 24.3 Å². The third-order valence-electron chi connectivity index (χ3n) is 4.04. The number of rotatable bonds is 5. The number of hydrogen-bond donors (Lipinski definition) is 3. The molecular weight excluding hydrogens is 358 g/mol. The molecule has 0 saturated carbocycles. The van der Waals surface area contributed by atoms with Gasteiger partial charge in [-0.2, -0.15) is 0 Å². The maximum Gasteiger partial charge on any atom is 0.339 e. The third-order valence-corrected chi connectivity index (χ3v) is 4.04. The summed E-state index contributed by atoms with van der Waals surface area (Å²) >= 11 is 0. The van der Waals surface area contributed by atoms with Crippen LogP contribution in [0.1, 0.15) is 16.8 Å². The number of nitro benzene ring substituents is 1. The Kier molecular flexibility index (Phi) is 4.46. The van der Waals surface area contributed by atoms with Crippen LogP contribution in [0.5, 0.6) is 5.75 Å². The topological polar surface area (TPSA) is 150 Å². The lowest BCUT2D eigenvalue weighted by Gasteiger charge is -2.16. The number of nitrogens with one attached hydrogen (secondary N) is 1. The van der Waals surface area contributed by atoms with Crippen molar-refractivity contribution < 1.29 is 29.5 Å². The number of phenols is 1. The largest absolute Gasteiger partial charge is 0.507 e. The lowest BCUT2D eigenvalue weighted by molar-refractivity contribution is -0.384. The van der Waals surface area contributed by atoms with E-state index in [0.717, 1.165) is 17.0 Å². The molecule has 3 N–H and O–H groups in total. The van der Waals surface area contributed by atoms with Crippen LogP contribution in [0.4, 0.5) is 17.1 Å². The van der Waals surface area contributed by atoms with Gasteiger partial charge in [-0.1, -0.05) is 0 Å². The Balaban J connectivity index is 1.79. The van der Waals surface area contributed by atoms with Gasteiger partial charge in [-0.3, -0.25) is 19.7 Å². The van der Waals surface area contributed by atoms with Crippen LogP contribution < -0.4 is 10.2 Å². The highest BCUT2D eigenvalue weighted by molar-refractivity contribution is 6.23. The molecule has 2 aromatic carbocycles. The fourth-order valence-corrected chi connectivity index (χ4v) is 2.74. The summed E-state index contributed by atoms with van der Waals surface area (Å²) in [4.78, 5) is 46.7. The predicted molar refractivity (Wildman–Crippen MR) is 92.7 cm³/mol. The number of carbonyl (C=O) groups excluding carboxylic acids is 2. The fourth-order valence-electron chi connectivity index (χ4n) is 2.74. The van der Waals surface area contributed by atoms with Crippen LogP contribution in [-0.2, 0) is 9.59 Å². The maximum absolute atomic E-state index is 12.6. The summed E-state index contributed by atoms with van der Waals surface area (Å²) in [6, 6.07) is 7.89. The summed E-state index contributed by atoms with van der Waals surface area (Å²) in [5.74, 6) is -3.01. The molecular formula is C17H13N3O7. The van der Waals surface area contributed by atoms with E-state index in [-0.39, 0.29) is 23.4 Å². The fraction of sp³-hybridized carbons (Fsp3) is 0.118. The van der Waals surface area contributed by atoms with Crippen LogP contribution in [-0.4, -0.2) is 39.0 Å². The van der Waals surface area contributed by atoms with Crippen molar-refractivity contribution in [3.63, 3.8) is 0 Å². The first-order chi connectivity index (χ1) is 12.8. The van der Waals surface area contributed by atoms with E-state index in [9.17, 15) is 29.6 Å². The standard InChI is InChI=1S/C17H13N3O7/c21-14-7-11(5-6-12(14)17(24)25)19-15(22)8-13(16(19)23)18-9-1-3-10(4-2-9)20(26)27/h1-7,13,18,21H,8H2,(H,24,25). The van der Waals surface area contributed by atoms with Crippen LogP contribution in [0.3, 0.4) is 0 Å². The van der Waals surface area contributed by atoms with Crippen molar-refractivity contribution in [2.75, 3.05) is 10.2 Å². The van der Waals surface area contributed by atoms with Crippen molar-refractivity contribution in [2.45, 2.75) is 12.5 Å². The summed E-state index contributed by atoms with van der Waals surface area (Å²) in [5, 5.41) is 32.2. The summed E-state index contributed by atoms with van der Waals surface area (Å²) in [6.07, 6.45) is -0.155. The number of aromatic carboxylic acids is 1. The second-order valence-corrected chi connectivity index (χ2v) is 5.78. The highest BCUT2D eigenvalue weighted by Gasteiger charge is 2.40. The number of hydrogen-bond acceptors (Lipinski definition) is 7. The average Bonchev–Trinajstić information content (AvgIpc) is 2.88. The molecule has 1 unspecified atom stereocenters. The Morgan fingerprint density at radius 1 is 1.19 bits per heavy atom. The van der Waals surface area contributed by atoms with E-state index >= 15 is 0 Å². The molecule has 3 rings (SSSR count). The van der Waals surface area contributed by atoms with Crippen LogP contribution in [0.2, 0.25) is 0 Å². The number of nitrogens with zero attached hydrogens (tertiary/aromatic N) is 2. The first kappa shape index (κ1) is 17.9. The quantitative estimate of drug-likeness (QED) is 0.408. The van der Waals surface area contributed by atoms with E-state index in [2.05, 4.69) is 5.32 Å². The minimum Gasteiger partial charge on any atom is -0.507 e. The third kappa shape index (κ3) is 3.40. The van der Waals surface area contributed by atoms with Crippen molar-refractivity contribution in [2.24, 2.45) is 0 Å². The molecule has 1 saturated heterocycles. The molecule has 0 aliphatic carbocycles. The molecule has 1 fully saturated rings. The number of amides is 2. The minimum absolute atomic E-state index is 0.0560. The normalized spacial score (nSPS) is 16.4. The van der Waals surface area contributed by atoms with Crippen molar-refractivity contribution in [3.05, 3.63) is 58.1 Å². The molecule has 1 heterocycles.